The largest absolute Gasteiger partial charge is 0.502 e. The summed E-state index contributed by atoms with van der Waals surface area (Å²) in [5.74, 6) is -3.10. The summed E-state index contributed by atoms with van der Waals surface area (Å²) in [6.07, 6.45) is 2.75. The maximum Gasteiger partial charge on any atom is 0.371 e. The number of ketones is 1. The number of carboxylic acids is 1. The van der Waals surface area contributed by atoms with Crippen LogP contribution in [0.3, 0.4) is 0 Å². The monoisotopic (exact) mass is 286 g/mol. The molecule has 0 unspecified atom stereocenters. The molecule has 6 heteroatoms. The number of benzene rings is 1. The Morgan fingerprint density at radius 2 is 1.81 bits per heavy atom. The SMILES string of the molecule is Nc1ccc(Cc2[nH]ccc2C(=O)/C=C(\O)C(=O)O)cc1. The van der Waals surface area contributed by atoms with Gasteiger partial charge in [-0.05, 0) is 23.8 Å². The molecule has 0 amide bonds. The minimum Gasteiger partial charge on any atom is -0.502 e. The van der Waals surface area contributed by atoms with E-state index in [2.05, 4.69) is 4.98 Å². The van der Waals surface area contributed by atoms with Crippen molar-refractivity contribution in [1.82, 2.24) is 4.98 Å². The van der Waals surface area contributed by atoms with Gasteiger partial charge in [-0.3, -0.25) is 4.79 Å². The molecule has 0 aliphatic heterocycles. The van der Waals surface area contributed by atoms with Crippen LogP contribution in [0.4, 0.5) is 5.69 Å². The van der Waals surface area contributed by atoms with Crippen molar-refractivity contribution in [3.63, 3.8) is 0 Å². The first-order chi connectivity index (χ1) is 9.97. The fraction of sp³-hybridized carbons (Fsp3) is 0.0667. The van der Waals surface area contributed by atoms with Crippen molar-refractivity contribution in [3.8, 4) is 0 Å². The number of hydrogen-bond donors (Lipinski definition) is 4. The Morgan fingerprint density at radius 1 is 1.14 bits per heavy atom. The molecule has 1 aromatic heterocycles. The highest BCUT2D eigenvalue weighted by atomic mass is 16.4. The van der Waals surface area contributed by atoms with Gasteiger partial charge in [0.05, 0.1) is 0 Å². The molecular weight excluding hydrogens is 272 g/mol. The van der Waals surface area contributed by atoms with Crippen LogP contribution < -0.4 is 5.73 Å². The number of carboxylic acid groups (broad SMARTS) is 1. The van der Waals surface area contributed by atoms with Crippen LogP contribution in [0.5, 0.6) is 0 Å². The summed E-state index contributed by atoms with van der Waals surface area (Å²) in [5, 5.41) is 17.7. The summed E-state index contributed by atoms with van der Waals surface area (Å²) in [6.45, 7) is 0. The van der Waals surface area contributed by atoms with E-state index in [0.717, 1.165) is 5.56 Å². The van der Waals surface area contributed by atoms with E-state index in [1.807, 2.05) is 12.1 Å². The number of aliphatic hydroxyl groups is 1. The molecule has 0 saturated carbocycles. The first-order valence-electron chi connectivity index (χ1n) is 6.16. The fourth-order valence-electron chi connectivity index (χ4n) is 1.88. The second-order valence-electron chi connectivity index (χ2n) is 4.49. The molecule has 0 saturated heterocycles. The molecule has 0 bridgehead atoms. The smallest absolute Gasteiger partial charge is 0.371 e. The van der Waals surface area contributed by atoms with Crippen LogP contribution in [-0.4, -0.2) is 26.9 Å². The van der Waals surface area contributed by atoms with E-state index in [1.54, 1.807) is 24.4 Å². The predicted octanol–water partition coefficient (Wildman–Crippen LogP) is 1.90. The maximum atomic E-state index is 11.9. The van der Waals surface area contributed by atoms with E-state index in [0.29, 0.717) is 29.4 Å². The molecule has 1 aromatic carbocycles. The van der Waals surface area contributed by atoms with Gasteiger partial charge < -0.3 is 20.9 Å². The van der Waals surface area contributed by atoms with E-state index in [-0.39, 0.29) is 0 Å². The number of H-pyrrole nitrogens is 1. The van der Waals surface area contributed by atoms with Gasteiger partial charge in [-0.25, -0.2) is 4.79 Å². The lowest BCUT2D eigenvalue weighted by molar-refractivity contribution is -0.135. The molecule has 108 valence electrons. The first-order valence-corrected chi connectivity index (χ1v) is 6.16. The summed E-state index contributed by atoms with van der Waals surface area (Å²) in [5.41, 5.74) is 8.17. The fourth-order valence-corrected chi connectivity index (χ4v) is 1.88. The molecule has 5 N–H and O–H groups in total. The highest BCUT2D eigenvalue weighted by Gasteiger charge is 2.14. The van der Waals surface area contributed by atoms with Gasteiger partial charge in [0.1, 0.15) is 0 Å². The second-order valence-corrected chi connectivity index (χ2v) is 4.49. The standard InChI is InChI=1S/C15H14N2O4/c16-10-3-1-9(2-4-10)7-12-11(5-6-17-12)13(18)8-14(19)15(20)21/h1-6,8,17,19H,7,16H2,(H,20,21)/b14-8-. The van der Waals surface area contributed by atoms with Gasteiger partial charge >= 0.3 is 5.97 Å². The summed E-state index contributed by atoms with van der Waals surface area (Å²) in [7, 11) is 0. The first kappa shape index (κ1) is 14.4. The Hall–Kier alpha value is -3.02. The van der Waals surface area contributed by atoms with Gasteiger partial charge in [0.15, 0.2) is 5.78 Å². The van der Waals surface area contributed by atoms with Gasteiger partial charge in [0.2, 0.25) is 5.76 Å². The molecule has 1 heterocycles. The third-order valence-corrected chi connectivity index (χ3v) is 2.95. The van der Waals surface area contributed by atoms with Crippen molar-refractivity contribution >= 4 is 17.4 Å². The average Bonchev–Trinajstić information content (AvgIpc) is 2.89. The number of aromatic amines is 1. The topological polar surface area (TPSA) is 116 Å². The number of hydrogen-bond acceptors (Lipinski definition) is 4. The average molecular weight is 286 g/mol. The van der Waals surface area contributed by atoms with Crippen LogP contribution in [-0.2, 0) is 11.2 Å². The molecule has 0 aliphatic carbocycles. The van der Waals surface area contributed by atoms with Crippen LogP contribution in [0.1, 0.15) is 21.6 Å². The summed E-state index contributed by atoms with van der Waals surface area (Å²) < 4.78 is 0. The number of aliphatic hydroxyl groups excluding tert-OH is 1. The minimum absolute atomic E-state index is 0.319. The number of nitrogens with two attached hydrogens (primary N) is 1. The van der Waals surface area contributed by atoms with E-state index >= 15 is 0 Å². The number of rotatable bonds is 5. The summed E-state index contributed by atoms with van der Waals surface area (Å²) >= 11 is 0. The number of allylic oxidation sites excluding steroid dienone is 1. The molecule has 0 spiro atoms. The number of carbonyl (C=O) groups excluding carboxylic acids is 1. The van der Waals surface area contributed by atoms with Crippen LogP contribution >= 0.6 is 0 Å². The lowest BCUT2D eigenvalue weighted by Gasteiger charge is -2.03. The van der Waals surface area contributed by atoms with Crippen molar-refractivity contribution < 1.29 is 19.8 Å². The van der Waals surface area contributed by atoms with Crippen molar-refractivity contribution in [1.29, 1.82) is 0 Å². The molecule has 0 radical (unpaired) electrons. The Bertz CT molecular complexity index is 699. The van der Waals surface area contributed by atoms with Gasteiger partial charge in [0, 0.05) is 35.6 Å². The number of nitrogens with one attached hydrogen (secondary N) is 1. The molecule has 0 atom stereocenters. The normalized spacial score (nSPS) is 11.3. The number of carbonyl (C=O) groups is 2. The minimum atomic E-state index is -1.54. The van der Waals surface area contributed by atoms with Gasteiger partial charge in [-0.1, -0.05) is 12.1 Å². The highest BCUT2D eigenvalue weighted by Crippen LogP contribution is 2.15. The molecule has 0 aliphatic rings. The Kier molecular flexibility index (Phi) is 4.08. The zero-order valence-corrected chi connectivity index (χ0v) is 11.0. The van der Waals surface area contributed by atoms with E-state index in [1.165, 1.54) is 0 Å². The second kappa shape index (κ2) is 5.96. The molecule has 2 aromatic rings. The number of aromatic nitrogens is 1. The van der Waals surface area contributed by atoms with E-state index < -0.39 is 17.5 Å². The third-order valence-electron chi connectivity index (χ3n) is 2.95. The number of aliphatic carboxylic acids is 1. The van der Waals surface area contributed by atoms with Gasteiger partial charge in [-0.2, -0.15) is 0 Å². The van der Waals surface area contributed by atoms with Crippen molar-refractivity contribution in [3.05, 3.63) is 65.2 Å². The predicted molar refractivity (Wildman–Crippen MR) is 77.1 cm³/mol. The maximum absolute atomic E-state index is 11.9. The van der Waals surface area contributed by atoms with Crippen LogP contribution in [0.25, 0.3) is 0 Å². The van der Waals surface area contributed by atoms with Crippen LogP contribution in [0, 0.1) is 0 Å². The van der Waals surface area contributed by atoms with Crippen LogP contribution in [0.15, 0.2) is 48.4 Å². The summed E-state index contributed by atoms with van der Waals surface area (Å²) in [6, 6.07) is 8.75. The number of anilines is 1. The molecule has 2 rings (SSSR count). The molecule has 6 nitrogen and oxygen atoms in total. The summed E-state index contributed by atoms with van der Waals surface area (Å²) in [4.78, 5) is 25.4. The van der Waals surface area contributed by atoms with E-state index in [4.69, 9.17) is 15.9 Å². The molecule has 0 fully saturated rings. The third kappa shape index (κ3) is 3.50. The molecule has 21 heavy (non-hydrogen) atoms. The van der Waals surface area contributed by atoms with Gasteiger partial charge in [-0.15, -0.1) is 0 Å². The van der Waals surface area contributed by atoms with E-state index in [9.17, 15) is 9.59 Å². The zero-order chi connectivity index (χ0) is 15.4. The lowest BCUT2D eigenvalue weighted by Crippen LogP contribution is -2.05. The quantitative estimate of drug-likeness (QED) is 0.290. The Morgan fingerprint density at radius 3 is 2.43 bits per heavy atom. The van der Waals surface area contributed by atoms with Crippen molar-refractivity contribution in [2.45, 2.75) is 6.42 Å². The molecular formula is C15H14N2O4. The van der Waals surface area contributed by atoms with Crippen molar-refractivity contribution in [2.75, 3.05) is 5.73 Å². The highest BCUT2D eigenvalue weighted by molar-refractivity contribution is 6.08. The zero-order valence-electron chi connectivity index (χ0n) is 11.0. The Labute approximate surface area is 120 Å². The number of nitrogen functional groups attached to an aromatic ring is 1. The lowest BCUT2D eigenvalue weighted by atomic mass is 10.0. The van der Waals surface area contributed by atoms with Gasteiger partial charge in [0.25, 0.3) is 0 Å². The van der Waals surface area contributed by atoms with Crippen molar-refractivity contribution in [2.24, 2.45) is 0 Å². The Balaban J connectivity index is 2.22. The van der Waals surface area contributed by atoms with Crippen LogP contribution in [0.2, 0.25) is 0 Å².